The van der Waals surface area contributed by atoms with E-state index in [4.69, 9.17) is 9.47 Å². The molecule has 0 aliphatic rings. The second-order valence-corrected chi connectivity index (χ2v) is 5.87. The topological polar surface area (TPSA) is 42.2 Å². The zero-order valence-electron chi connectivity index (χ0n) is 13.8. The van der Waals surface area contributed by atoms with Crippen LogP contribution in [0.3, 0.4) is 0 Å². The van der Waals surface area contributed by atoms with E-state index in [1.807, 2.05) is 13.0 Å². The van der Waals surface area contributed by atoms with Gasteiger partial charge >= 0.3 is 0 Å². The molecule has 2 rings (SSSR count). The average Bonchev–Trinajstić information content (AvgIpc) is 2.60. The van der Waals surface area contributed by atoms with Gasteiger partial charge in [-0.25, -0.2) is 4.39 Å². The smallest absolute Gasteiger partial charge is 0.175 e. The first kappa shape index (κ1) is 18.8. The van der Waals surface area contributed by atoms with Crippen LogP contribution in [0.5, 0.6) is 11.5 Å². The Labute approximate surface area is 155 Å². The lowest BCUT2D eigenvalue weighted by Crippen LogP contribution is -2.00. The highest BCUT2D eigenvalue weighted by Crippen LogP contribution is 2.38. The molecule has 0 radical (unpaired) electrons. The zero-order chi connectivity index (χ0) is 18.2. The Morgan fingerprint density at radius 2 is 2.08 bits per heavy atom. The van der Waals surface area contributed by atoms with E-state index < -0.39 is 5.82 Å². The Morgan fingerprint density at radius 1 is 1.32 bits per heavy atom. The van der Waals surface area contributed by atoms with Gasteiger partial charge in [0.2, 0.25) is 0 Å². The maximum Gasteiger partial charge on any atom is 0.175 e. The molecule has 2 aromatic rings. The van der Waals surface area contributed by atoms with E-state index in [0.29, 0.717) is 34.7 Å². The molecular formula is C20H17BrFNO2. The minimum Gasteiger partial charge on any atom is -0.490 e. The van der Waals surface area contributed by atoms with Crippen LogP contribution >= 0.6 is 15.9 Å². The van der Waals surface area contributed by atoms with Crippen molar-refractivity contribution in [3.05, 3.63) is 70.5 Å². The molecular weight excluding hydrogens is 385 g/mol. The van der Waals surface area contributed by atoms with Gasteiger partial charge in [0.15, 0.2) is 11.5 Å². The molecule has 0 amide bonds. The molecule has 3 nitrogen and oxygen atoms in total. The molecule has 0 unspecified atom stereocenters. The summed E-state index contributed by atoms with van der Waals surface area (Å²) < 4.78 is 25.9. The number of hydrogen-bond donors (Lipinski definition) is 0. The Bertz CT molecular complexity index is 840. The third kappa shape index (κ3) is 4.71. The molecule has 0 heterocycles. The standard InChI is InChI=1S/C20H17BrFNO2/c1-3-9-25-20-17(21)11-14(12-19(20)24-4-2)10-15(13-23)16-7-5-6-8-18(16)22/h3,5-8,10-12H,1,4,9H2,2H3/b15-10-. The van der Waals surface area contributed by atoms with Gasteiger partial charge in [-0.15, -0.1) is 0 Å². The fraction of sp³-hybridized carbons (Fsp3) is 0.150. The fourth-order valence-electron chi connectivity index (χ4n) is 2.23. The van der Waals surface area contributed by atoms with Crippen molar-refractivity contribution in [1.82, 2.24) is 0 Å². The van der Waals surface area contributed by atoms with Crippen LogP contribution in [0.25, 0.3) is 11.6 Å². The van der Waals surface area contributed by atoms with Crippen molar-refractivity contribution in [2.75, 3.05) is 13.2 Å². The predicted octanol–water partition coefficient (Wildman–Crippen LogP) is 5.62. The van der Waals surface area contributed by atoms with Gasteiger partial charge in [0.1, 0.15) is 12.4 Å². The van der Waals surface area contributed by atoms with Crippen LogP contribution in [-0.2, 0) is 0 Å². The number of halogens is 2. The summed E-state index contributed by atoms with van der Waals surface area (Å²) in [6.45, 7) is 6.30. The molecule has 0 bridgehead atoms. The van der Waals surface area contributed by atoms with E-state index in [-0.39, 0.29) is 11.1 Å². The highest BCUT2D eigenvalue weighted by atomic mass is 79.9. The normalized spacial score (nSPS) is 10.9. The average molecular weight is 402 g/mol. The van der Waals surface area contributed by atoms with Crippen molar-refractivity contribution in [2.45, 2.75) is 6.92 Å². The summed E-state index contributed by atoms with van der Waals surface area (Å²) in [5, 5.41) is 9.41. The summed E-state index contributed by atoms with van der Waals surface area (Å²) >= 11 is 3.46. The number of hydrogen-bond acceptors (Lipinski definition) is 3. The van der Waals surface area contributed by atoms with E-state index in [1.54, 1.807) is 42.5 Å². The van der Waals surface area contributed by atoms with Gasteiger partial charge in [-0.3, -0.25) is 0 Å². The molecule has 0 saturated carbocycles. The molecule has 0 atom stereocenters. The molecule has 0 fully saturated rings. The Balaban J connectivity index is 2.49. The second kappa shape index (κ2) is 9.05. The van der Waals surface area contributed by atoms with Crippen molar-refractivity contribution in [2.24, 2.45) is 0 Å². The summed E-state index contributed by atoms with van der Waals surface area (Å²) in [5.74, 6) is 0.657. The van der Waals surface area contributed by atoms with Crippen molar-refractivity contribution in [3.8, 4) is 17.6 Å². The number of benzene rings is 2. The molecule has 5 heteroatoms. The van der Waals surface area contributed by atoms with Gasteiger partial charge in [-0.2, -0.15) is 5.26 Å². The van der Waals surface area contributed by atoms with Crippen molar-refractivity contribution < 1.29 is 13.9 Å². The number of rotatable bonds is 7. The number of ether oxygens (including phenoxy) is 2. The summed E-state index contributed by atoms with van der Waals surface area (Å²) in [4.78, 5) is 0. The molecule has 128 valence electrons. The van der Waals surface area contributed by atoms with E-state index in [1.165, 1.54) is 6.07 Å². The van der Waals surface area contributed by atoms with E-state index in [2.05, 4.69) is 22.5 Å². The number of allylic oxidation sites excluding steroid dienone is 1. The third-order valence-electron chi connectivity index (χ3n) is 3.27. The van der Waals surface area contributed by atoms with Gasteiger partial charge in [0.05, 0.1) is 22.7 Å². The highest BCUT2D eigenvalue weighted by molar-refractivity contribution is 9.10. The molecule has 0 N–H and O–H groups in total. The lowest BCUT2D eigenvalue weighted by atomic mass is 10.0. The maximum atomic E-state index is 14.0. The van der Waals surface area contributed by atoms with Crippen LogP contribution in [0.4, 0.5) is 4.39 Å². The van der Waals surface area contributed by atoms with E-state index >= 15 is 0 Å². The van der Waals surface area contributed by atoms with Gasteiger partial charge in [0.25, 0.3) is 0 Å². The maximum absolute atomic E-state index is 14.0. The Morgan fingerprint density at radius 3 is 2.72 bits per heavy atom. The second-order valence-electron chi connectivity index (χ2n) is 5.01. The Kier molecular flexibility index (Phi) is 6.79. The minimum atomic E-state index is -0.440. The Hall–Kier alpha value is -2.58. The van der Waals surface area contributed by atoms with Crippen LogP contribution in [0.15, 0.2) is 53.5 Å². The quantitative estimate of drug-likeness (QED) is 0.343. The minimum absolute atomic E-state index is 0.229. The summed E-state index contributed by atoms with van der Waals surface area (Å²) in [5.41, 5.74) is 1.18. The van der Waals surface area contributed by atoms with Crippen LogP contribution in [0.2, 0.25) is 0 Å². The van der Waals surface area contributed by atoms with Gasteiger partial charge in [0, 0.05) is 5.56 Å². The fourth-order valence-corrected chi connectivity index (χ4v) is 2.81. The summed E-state index contributed by atoms with van der Waals surface area (Å²) in [6.07, 6.45) is 3.25. The first-order valence-corrected chi connectivity index (χ1v) is 8.46. The largest absolute Gasteiger partial charge is 0.490 e. The lowest BCUT2D eigenvalue weighted by Gasteiger charge is -2.14. The monoisotopic (exact) mass is 401 g/mol. The third-order valence-corrected chi connectivity index (χ3v) is 3.86. The lowest BCUT2D eigenvalue weighted by molar-refractivity contribution is 0.295. The van der Waals surface area contributed by atoms with Crippen molar-refractivity contribution in [1.29, 1.82) is 5.26 Å². The van der Waals surface area contributed by atoms with Crippen LogP contribution < -0.4 is 9.47 Å². The zero-order valence-corrected chi connectivity index (χ0v) is 15.3. The van der Waals surface area contributed by atoms with Crippen LogP contribution in [0, 0.1) is 17.1 Å². The first-order valence-electron chi connectivity index (χ1n) is 7.67. The highest BCUT2D eigenvalue weighted by Gasteiger charge is 2.13. The molecule has 0 spiro atoms. The van der Waals surface area contributed by atoms with Crippen molar-refractivity contribution >= 4 is 27.6 Å². The predicted molar refractivity (Wildman–Crippen MR) is 101 cm³/mol. The molecule has 2 aromatic carbocycles. The summed E-state index contributed by atoms with van der Waals surface area (Å²) in [6, 6.07) is 11.8. The SMILES string of the molecule is C=CCOc1c(Br)cc(/C=C(/C#N)c2ccccc2F)cc1OCC. The van der Waals surface area contributed by atoms with Crippen LogP contribution in [-0.4, -0.2) is 13.2 Å². The van der Waals surface area contributed by atoms with Gasteiger partial charge in [-0.05, 0) is 52.7 Å². The molecule has 0 aliphatic carbocycles. The molecule has 0 aromatic heterocycles. The summed E-state index contributed by atoms with van der Waals surface area (Å²) in [7, 11) is 0. The van der Waals surface area contributed by atoms with Gasteiger partial charge in [-0.1, -0.05) is 30.9 Å². The molecule has 0 saturated heterocycles. The molecule has 0 aliphatic heterocycles. The first-order chi connectivity index (χ1) is 12.1. The van der Waals surface area contributed by atoms with Crippen molar-refractivity contribution in [3.63, 3.8) is 0 Å². The number of nitriles is 1. The van der Waals surface area contributed by atoms with E-state index in [9.17, 15) is 9.65 Å². The molecule has 25 heavy (non-hydrogen) atoms. The van der Waals surface area contributed by atoms with E-state index in [0.717, 1.165) is 0 Å². The number of nitrogens with zero attached hydrogens (tertiary/aromatic N) is 1. The van der Waals surface area contributed by atoms with Gasteiger partial charge < -0.3 is 9.47 Å². The van der Waals surface area contributed by atoms with Crippen LogP contribution in [0.1, 0.15) is 18.1 Å².